The van der Waals surface area contributed by atoms with Gasteiger partial charge in [0.1, 0.15) is 17.1 Å². The third-order valence-electron chi connectivity index (χ3n) is 2.46. The van der Waals surface area contributed by atoms with Crippen LogP contribution in [0.25, 0.3) is 0 Å². The van der Waals surface area contributed by atoms with Crippen LogP contribution >= 0.6 is 0 Å². The van der Waals surface area contributed by atoms with Crippen LogP contribution in [-0.4, -0.2) is 18.8 Å². The quantitative estimate of drug-likeness (QED) is 0.867. The van der Waals surface area contributed by atoms with Crippen LogP contribution in [0.1, 0.15) is 33.6 Å². The van der Waals surface area contributed by atoms with Gasteiger partial charge in [-0.3, -0.25) is 0 Å². The molecule has 0 aromatic heterocycles. The lowest BCUT2D eigenvalue weighted by atomic mass is 10.2. The second-order valence-electron chi connectivity index (χ2n) is 5.44. The first-order valence-corrected chi connectivity index (χ1v) is 6.15. The molecule has 1 aliphatic rings. The molecule has 0 atom stereocenters. The zero-order valence-electron chi connectivity index (χ0n) is 11.0. The normalized spacial score (nSPS) is 15.5. The van der Waals surface area contributed by atoms with Crippen LogP contribution in [0.5, 0.6) is 11.5 Å². The van der Waals surface area contributed by atoms with Gasteiger partial charge in [-0.15, -0.1) is 0 Å². The SMILES string of the molecule is CNc1cc(OC2CC2)ccc1OC(C)(C)C. The molecule has 1 aliphatic carbocycles. The summed E-state index contributed by atoms with van der Waals surface area (Å²) in [5.41, 5.74) is 0.780. The minimum absolute atomic E-state index is 0.190. The van der Waals surface area contributed by atoms with Gasteiger partial charge in [0.05, 0.1) is 11.8 Å². The van der Waals surface area contributed by atoms with Gasteiger partial charge in [-0.2, -0.15) is 0 Å². The number of ether oxygens (including phenoxy) is 2. The smallest absolute Gasteiger partial charge is 0.143 e. The van der Waals surface area contributed by atoms with Crippen LogP contribution < -0.4 is 14.8 Å². The maximum atomic E-state index is 5.88. The van der Waals surface area contributed by atoms with Gasteiger partial charge in [0.25, 0.3) is 0 Å². The van der Waals surface area contributed by atoms with Gasteiger partial charge in [-0.1, -0.05) is 0 Å². The Balaban J connectivity index is 2.15. The first-order chi connectivity index (χ1) is 7.98. The Morgan fingerprint density at radius 2 is 1.94 bits per heavy atom. The maximum Gasteiger partial charge on any atom is 0.143 e. The predicted octanol–water partition coefficient (Wildman–Crippen LogP) is 3.45. The van der Waals surface area contributed by atoms with Crippen molar-refractivity contribution in [1.82, 2.24) is 0 Å². The van der Waals surface area contributed by atoms with Crippen molar-refractivity contribution in [2.75, 3.05) is 12.4 Å². The molecule has 0 heterocycles. The van der Waals surface area contributed by atoms with E-state index in [0.717, 1.165) is 17.2 Å². The summed E-state index contributed by atoms with van der Waals surface area (Å²) in [5.74, 6) is 1.78. The molecule has 1 aromatic carbocycles. The second kappa shape index (κ2) is 4.47. The van der Waals surface area contributed by atoms with Crippen molar-refractivity contribution in [1.29, 1.82) is 0 Å². The summed E-state index contributed by atoms with van der Waals surface area (Å²) < 4.78 is 11.6. The van der Waals surface area contributed by atoms with Crippen molar-refractivity contribution in [2.24, 2.45) is 0 Å². The number of hydrogen-bond donors (Lipinski definition) is 1. The molecule has 0 saturated heterocycles. The highest BCUT2D eigenvalue weighted by atomic mass is 16.5. The third-order valence-corrected chi connectivity index (χ3v) is 2.46. The van der Waals surface area contributed by atoms with Crippen molar-refractivity contribution < 1.29 is 9.47 Å². The summed E-state index contributed by atoms with van der Waals surface area (Å²) in [6.07, 6.45) is 2.78. The Labute approximate surface area is 103 Å². The molecule has 1 fully saturated rings. The molecule has 0 spiro atoms. The Hall–Kier alpha value is -1.38. The standard InChI is InChI=1S/C14H21NO2/c1-14(2,3)17-13-8-7-11(9-12(13)15-4)16-10-5-6-10/h7-10,15H,5-6H2,1-4H3. The molecule has 17 heavy (non-hydrogen) atoms. The van der Waals surface area contributed by atoms with E-state index in [9.17, 15) is 0 Å². The molecule has 0 unspecified atom stereocenters. The van der Waals surface area contributed by atoms with Crippen LogP contribution in [0.2, 0.25) is 0 Å². The van der Waals surface area contributed by atoms with Gasteiger partial charge in [-0.05, 0) is 45.7 Å². The molecule has 0 aliphatic heterocycles. The summed E-state index contributed by atoms with van der Waals surface area (Å²) in [7, 11) is 1.89. The van der Waals surface area contributed by atoms with Crippen molar-refractivity contribution in [2.45, 2.75) is 45.3 Å². The van der Waals surface area contributed by atoms with Crippen molar-refractivity contribution in [3.8, 4) is 11.5 Å². The maximum absolute atomic E-state index is 5.88. The molecule has 2 rings (SSSR count). The molecule has 3 nitrogen and oxygen atoms in total. The molecule has 3 heteroatoms. The summed E-state index contributed by atoms with van der Waals surface area (Å²) in [6.45, 7) is 6.13. The van der Waals surface area contributed by atoms with Crippen LogP contribution in [0, 0.1) is 0 Å². The summed E-state index contributed by atoms with van der Waals surface area (Å²) in [6, 6.07) is 5.94. The summed E-state index contributed by atoms with van der Waals surface area (Å²) in [5, 5.41) is 3.15. The number of anilines is 1. The van der Waals surface area contributed by atoms with E-state index in [4.69, 9.17) is 9.47 Å². The molecule has 1 aromatic rings. The van der Waals surface area contributed by atoms with Crippen LogP contribution in [0.3, 0.4) is 0 Å². The fourth-order valence-corrected chi connectivity index (χ4v) is 1.57. The lowest BCUT2D eigenvalue weighted by Gasteiger charge is -2.23. The summed E-state index contributed by atoms with van der Waals surface area (Å²) >= 11 is 0. The van der Waals surface area contributed by atoms with Gasteiger partial charge in [-0.25, -0.2) is 0 Å². The second-order valence-corrected chi connectivity index (χ2v) is 5.44. The molecule has 1 N–H and O–H groups in total. The first kappa shape index (κ1) is 12.1. The monoisotopic (exact) mass is 235 g/mol. The van der Waals surface area contributed by atoms with E-state index < -0.39 is 0 Å². The number of hydrogen-bond acceptors (Lipinski definition) is 3. The van der Waals surface area contributed by atoms with E-state index in [-0.39, 0.29) is 5.60 Å². The Morgan fingerprint density at radius 3 is 2.47 bits per heavy atom. The molecular formula is C14H21NO2. The highest BCUT2D eigenvalue weighted by molar-refractivity contribution is 5.59. The van der Waals surface area contributed by atoms with E-state index in [1.54, 1.807) is 0 Å². The lowest BCUT2D eigenvalue weighted by molar-refractivity contribution is 0.131. The number of nitrogens with one attached hydrogen (secondary N) is 1. The van der Waals surface area contributed by atoms with Crippen LogP contribution in [-0.2, 0) is 0 Å². The number of rotatable bonds is 4. The molecule has 0 radical (unpaired) electrons. The van der Waals surface area contributed by atoms with E-state index in [2.05, 4.69) is 5.32 Å². The Bertz CT molecular complexity index is 392. The van der Waals surface area contributed by atoms with Crippen molar-refractivity contribution in [3.05, 3.63) is 18.2 Å². The zero-order chi connectivity index (χ0) is 12.5. The van der Waals surface area contributed by atoms with E-state index in [1.807, 2.05) is 46.0 Å². The van der Waals surface area contributed by atoms with Gasteiger partial charge >= 0.3 is 0 Å². The molecule has 1 saturated carbocycles. The number of benzene rings is 1. The minimum Gasteiger partial charge on any atom is -0.490 e. The Morgan fingerprint density at radius 1 is 1.24 bits per heavy atom. The van der Waals surface area contributed by atoms with Crippen LogP contribution in [0.4, 0.5) is 5.69 Å². The lowest BCUT2D eigenvalue weighted by Crippen LogP contribution is -2.23. The van der Waals surface area contributed by atoms with Gasteiger partial charge < -0.3 is 14.8 Å². The zero-order valence-corrected chi connectivity index (χ0v) is 11.0. The molecule has 94 valence electrons. The van der Waals surface area contributed by atoms with Gasteiger partial charge in [0.15, 0.2) is 0 Å². The molecular weight excluding hydrogens is 214 g/mol. The first-order valence-electron chi connectivity index (χ1n) is 6.15. The highest BCUT2D eigenvalue weighted by Crippen LogP contribution is 2.34. The van der Waals surface area contributed by atoms with Gasteiger partial charge in [0, 0.05) is 13.1 Å². The topological polar surface area (TPSA) is 30.5 Å². The van der Waals surface area contributed by atoms with Crippen molar-refractivity contribution >= 4 is 5.69 Å². The fourth-order valence-electron chi connectivity index (χ4n) is 1.57. The van der Waals surface area contributed by atoms with Crippen molar-refractivity contribution in [3.63, 3.8) is 0 Å². The molecule has 0 amide bonds. The van der Waals surface area contributed by atoms with E-state index in [0.29, 0.717) is 6.10 Å². The Kier molecular flexibility index (Phi) is 3.18. The minimum atomic E-state index is -0.190. The fraction of sp³-hybridized carbons (Fsp3) is 0.571. The predicted molar refractivity (Wildman–Crippen MR) is 70.0 cm³/mol. The van der Waals surface area contributed by atoms with Gasteiger partial charge in [0.2, 0.25) is 0 Å². The molecule has 0 bridgehead atoms. The average molecular weight is 235 g/mol. The summed E-state index contributed by atoms with van der Waals surface area (Å²) in [4.78, 5) is 0. The average Bonchev–Trinajstić information content (AvgIpc) is 3.02. The van der Waals surface area contributed by atoms with Crippen LogP contribution in [0.15, 0.2) is 18.2 Å². The highest BCUT2D eigenvalue weighted by Gasteiger charge is 2.24. The van der Waals surface area contributed by atoms with E-state index in [1.165, 1.54) is 12.8 Å². The third kappa shape index (κ3) is 3.55. The van der Waals surface area contributed by atoms with E-state index >= 15 is 0 Å². The largest absolute Gasteiger partial charge is 0.490 e.